The summed E-state index contributed by atoms with van der Waals surface area (Å²) in [6.07, 6.45) is 3.39. The highest BCUT2D eigenvalue weighted by molar-refractivity contribution is 5.79. The van der Waals surface area contributed by atoms with Gasteiger partial charge < -0.3 is 15.2 Å². The highest BCUT2D eigenvalue weighted by atomic mass is 19.1. The minimum atomic E-state index is -0.904. The van der Waals surface area contributed by atoms with Gasteiger partial charge in [-0.15, -0.1) is 0 Å². The Morgan fingerprint density at radius 1 is 1.48 bits per heavy atom. The minimum Gasteiger partial charge on any atom is -0.490 e. The monoisotopic (exact) mass is 295 g/mol. The molecular formula is C16H22FNO3. The molecule has 1 aromatic rings. The van der Waals surface area contributed by atoms with E-state index in [9.17, 15) is 14.3 Å². The van der Waals surface area contributed by atoms with Crippen molar-refractivity contribution in [3.05, 3.63) is 30.1 Å². The fourth-order valence-corrected chi connectivity index (χ4v) is 2.83. The second-order valence-electron chi connectivity index (χ2n) is 5.60. The molecule has 2 N–H and O–H groups in total. The number of aliphatic carboxylic acids is 1. The van der Waals surface area contributed by atoms with Gasteiger partial charge in [-0.1, -0.05) is 6.92 Å². The number of carboxylic acids is 1. The molecule has 0 spiro atoms. The van der Waals surface area contributed by atoms with E-state index >= 15 is 0 Å². The maximum atomic E-state index is 12.9. The van der Waals surface area contributed by atoms with Crippen LogP contribution in [0.4, 0.5) is 4.39 Å². The van der Waals surface area contributed by atoms with Crippen molar-refractivity contribution in [1.82, 2.24) is 5.32 Å². The van der Waals surface area contributed by atoms with Crippen molar-refractivity contribution in [2.75, 3.05) is 6.54 Å². The van der Waals surface area contributed by atoms with Gasteiger partial charge in [0.15, 0.2) is 0 Å². The van der Waals surface area contributed by atoms with Crippen LogP contribution < -0.4 is 10.1 Å². The highest BCUT2D eigenvalue weighted by Gasteiger charge is 2.43. The normalized spacial score (nSPS) is 25.5. The Balaban J connectivity index is 2.04. The topological polar surface area (TPSA) is 58.6 Å². The zero-order valence-corrected chi connectivity index (χ0v) is 12.3. The number of hydrogen-bond acceptors (Lipinski definition) is 3. The van der Waals surface area contributed by atoms with Crippen LogP contribution in [-0.2, 0) is 4.79 Å². The molecule has 4 nitrogen and oxygen atoms in total. The molecule has 1 aromatic carbocycles. The molecule has 0 saturated heterocycles. The lowest BCUT2D eigenvalue weighted by molar-refractivity contribution is -0.148. The first-order chi connectivity index (χ1) is 10.1. The molecule has 2 unspecified atom stereocenters. The lowest BCUT2D eigenvalue weighted by atomic mass is 9.80. The predicted molar refractivity (Wildman–Crippen MR) is 77.9 cm³/mol. The smallest absolute Gasteiger partial charge is 0.324 e. The highest BCUT2D eigenvalue weighted by Crippen LogP contribution is 2.31. The van der Waals surface area contributed by atoms with E-state index in [2.05, 4.69) is 5.32 Å². The van der Waals surface area contributed by atoms with Gasteiger partial charge in [0, 0.05) is 6.42 Å². The Morgan fingerprint density at radius 2 is 2.19 bits per heavy atom. The zero-order chi connectivity index (χ0) is 15.3. The van der Waals surface area contributed by atoms with Crippen molar-refractivity contribution in [2.45, 2.75) is 50.7 Å². The van der Waals surface area contributed by atoms with Crippen molar-refractivity contribution in [3.8, 4) is 5.75 Å². The van der Waals surface area contributed by atoms with Gasteiger partial charge >= 0.3 is 5.97 Å². The molecule has 1 aliphatic carbocycles. The Bertz CT molecular complexity index is 477. The first-order valence-electron chi connectivity index (χ1n) is 7.46. The molecule has 5 heteroatoms. The van der Waals surface area contributed by atoms with Gasteiger partial charge in [0.25, 0.3) is 0 Å². The number of nitrogens with one attached hydrogen (secondary N) is 1. The Morgan fingerprint density at radius 3 is 2.81 bits per heavy atom. The van der Waals surface area contributed by atoms with Crippen LogP contribution in [-0.4, -0.2) is 29.3 Å². The number of carboxylic acid groups (broad SMARTS) is 1. The van der Waals surface area contributed by atoms with Crippen LogP contribution in [0.5, 0.6) is 5.75 Å². The second-order valence-corrected chi connectivity index (χ2v) is 5.60. The maximum Gasteiger partial charge on any atom is 0.324 e. The number of carbonyl (C=O) groups is 1. The van der Waals surface area contributed by atoms with Crippen LogP contribution in [0.15, 0.2) is 24.3 Å². The predicted octanol–water partition coefficient (Wildman–Crippen LogP) is 2.97. The lowest BCUT2D eigenvalue weighted by Crippen LogP contribution is -2.56. The van der Waals surface area contributed by atoms with Crippen molar-refractivity contribution in [3.63, 3.8) is 0 Å². The van der Waals surface area contributed by atoms with E-state index in [0.29, 0.717) is 25.1 Å². The number of hydrogen-bond donors (Lipinski definition) is 2. The first-order valence-corrected chi connectivity index (χ1v) is 7.46. The summed E-state index contributed by atoms with van der Waals surface area (Å²) in [7, 11) is 0. The van der Waals surface area contributed by atoms with Crippen molar-refractivity contribution >= 4 is 5.97 Å². The number of benzene rings is 1. The van der Waals surface area contributed by atoms with Crippen molar-refractivity contribution in [1.29, 1.82) is 0 Å². The van der Waals surface area contributed by atoms with Crippen LogP contribution in [0.2, 0.25) is 0 Å². The van der Waals surface area contributed by atoms with Crippen molar-refractivity contribution < 1.29 is 19.0 Å². The third-order valence-corrected chi connectivity index (χ3v) is 3.94. The summed E-state index contributed by atoms with van der Waals surface area (Å²) in [5.41, 5.74) is -0.904. The number of ether oxygens (including phenoxy) is 1. The molecule has 1 aliphatic rings. The summed E-state index contributed by atoms with van der Waals surface area (Å²) in [6, 6.07) is 5.84. The molecule has 1 saturated carbocycles. The Labute approximate surface area is 124 Å². The summed E-state index contributed by atoms with van der Waals surface area (Å²) < 4.78 is 18.7. The fraction of sp³-hybridized carbons (Fsp3) is 0.562. The third kappa shape index (κ3) is 3.94. The SMILES string of the molecule is CCCNC1(C(=O)O)CCCC(Oc2ccc(F)cc2)C1. The molecule has 0 amide bonds. The summed E-state index contributed by atoms with van der Waals surface area (Å²) in [5, 5.41) is 12.7. The quantitative estimate of drug-likeness (QED) is 0.847. The molecule has 0 aliphatic heterocycles. The van der Waals surface area contributed by atoms with E-state index in [1.807, 2.05) is 6.92 Å². The molecule has 116 valence electrons. The molecule has 0 radical (unpaired) electrons. The standard InChI is InChI=1S/C16H22FNO3/c1-2-10-18-16(15(19)20)9-3-4-14(11-16)21-13-7-5-12(17)6-8-13/h5-8,14,18H,2-4,9-11H2,1H3,(H,19,20). The van der Waals surface area contributed by atoms with Crippen LogP contribution in [0.1, 0.15) is 39.0 Å². The third-order valence-electron chi connectivity index (χ3n) is 3.94. The fourth-order valence-electron chi connectivity index (χ4n) is 2.83. The van der Waals surface area contributed by atoms with Gasteiger partial charge in [-0.3, -0.25) is 4.79 Å². The molecule has 0 aromatic heterocycles. The van der Waals surface area contributed by atoms with E-state index in [1.54, 1.807) is 12.1 Å². The van der Waals surface area contributed by atoms with Gasteiger partial charge in [-0.05, 0) is 56.5 Å². The van der Waals surface area contributed by atoms with Crippen LogP contribution >= 0.6 is 0 Å². The van der Waals surface area contributed by atoms with E-state index in [1.165, 1.54) is 12.1 Å². The van der Waals surface area contributed by atoms with Crippen molar-refractivity contribution in [2.24, 2.45) is 0 Å². The molecule has 1 fully saturated rings. The summed E-state index contributed by atoms with van der Waals surface area (Å²) in [4.78, 5) is 11.7. The van der Waals surface area contributed by atoms with Gasteiger partial charge in [0.1, 0.15) is 23.2 Å². The van der Waals surface area contributed by atoms with Crippen LogP contribution in [0, 0.1) is 5.82 Å². The van der Waals surface area contributed by atoms with E-state index in [4.69, 9.17) is 4.74 Å². The van der Waals surface area contributed by atoms with Gasteiger partial charge in [0.05, 0.1) is 0 Å². The van der Waals surface area contributed by atoms with Gasteiger partial charge in [-0.2, -0.15) is 0 Å². The second kappa shape index (κ2) is 6.89. The minimum absolute atomic E-state index is 0.162. The summed E-state index contributed by atoms with van der Waals surface area (Å²) in [5.74, 6) is -0.545. The van der Waals surface area contributed by atoms with Crippen LogP contribution in [0.25, 0.3) is 0 Å². The van der Waals surface area contributed by atoms with Crippen LogP contribution in [0.3, 0.4) is 0 Å². The maximum absolute atomic E-state index is 12.9. The van der Waals surface area contributed by atoms with E-state index in [0.717, 1.165) is 19.3 Å². The van der Waals surface area contributed by atoms with Gasteiger partial charge in [-0.25, -0.2) is 4.39 Å². The number of halogens is 1. The molecular weight excluding hydrogens is 273 g/mol. The average Bonchev–Trinajstić information content (AvgIpc) is 2.48. The molecule has 2 atom stereocenters. The Hall–Kier alpha value is -1.62. The Kier molecular flexibility index (Phi) is 5.17. The lowest BCUT2D eigenvalue weighted by Gasteiger charge is -2.38. The molecule has 0 bridgehead atoms. The summed E-state index contributed by atoms with van der Waals surface area (Å²) >= 11 is 0. The molecule has 21 heavy (non-hydrogen) atoms. The van der Waals surface area contributed by atoms with E-state index < -0.39 is 11.5 Å². The zero-order valence-electron chi connectivity index (χ0n) is 12.3. The first kappa shape index (κ1) is 15.8. The molecule has 2 rings (SSSR count). The number of rotatable bonds is 6. The van der Waals surface area contributed by atoms with E-state index in [-0.39, 0.29) is 11.9 Å². The average molecular weight is 295 g/mol. The summed E-state index contributed by atoms with van der Waals surface area (Å²) in [6.45, 7) is 2.69. The largest absolute Gasteiger partial charge is 0.490 e. The van der Waals surface area contributed by atoms with Gasteiger partial charge in [0.2, 0.25) is 0 Å². The molecule has 0 heterocycles.